The number of H-pyrrole nitrogens is 1. The standard InChI is InChI=1S/C23H20ClFN4O2/c1-11(2)16-10-26-13(4)12(3)20(16)29-21-15(22(30)28-23(29)31)9-17(24)19(27-21)14-7-5-6-8-18(14)25/h5-11H,1-4H3,(H,28,30,31). The number of benzene rings is 1. The first-order chi connectivity index (χ1) is 14.7. The molecule has 0 fully saturated rings. The first-order valence-corrected chi connectivity index (χ1v) is 10.2. The molecule has 0 aliphatic carbocycles. The second kappa shape index (κ2) is 7.74. The zero-order chi connectivity index (χ0) is 22.4. The van der Waals surface area contributed by atoms with E-state index in [0.29, 0.717) is 5.69 Å². The Balaban J connectivity index is 2.20. The molecule has 0 unspecified atom stereocenters. The summed E-state index contributed by atoms with van der Waals surface area (Å²) in [6.45, 7) is 7.68. The van der Waals surface area contributed by atoms with E-state index in [9.17, 15) is 14.0 Å². The number of halogens is 2. The van der Waals surface area contributed by atoms with Crippen molar-refractivity contribution in [1.29, 1.82) is 0 Å². The lowest BCUT2D eigenvalue weighted by Gasteiger charge is -2.19. The van der Waals surface area contributed by atoms with Crippen LogP contribution >= 0.6 is 11.6 Å². The van der Waals surface area contributed by atoms with Gasteiger partial charge >= 0.3 is 5.69 Å². The van der Waals surface area contributed by atoms with E-state index < -0.39 is 17.1 Å². The van der Waals surface area contributed by atoms with Crippen LogP contribution in [0.1, 0.15) is 36.6 Å². The molecule has 1 aromatic carbocycles. The zero-order valence-corrected chi connectivity index (χ0v) is 18.2. The van der Waals surface area contributed by atoms with Gasteiger partial charge in [0, 0.05) is 17.5 Å². The van der Waals surface area contributed by atoms with E-state index in [4.69, 9.17) is 11.6 Å². The molecule has 3 aromatic heterocycles. The maximum atomic E-state index is 14.5. The van der Waals surface area contributed by atoms with Crippen LogP contribution in [0, 0.1) is 19.7 Å². The van der Waals surface area contributed by atoms with Gasteiger partial charge in [0.15, 0.2) is 5.65 Å². The maximum absolute atomic E-state index is 14.5. The molecule has 0 aliphatic heterocycles. The van der Waals surface area contributed by atoms with E-state index in [1.165, 1.54) is 16.7 Å². The van der Waals surface area contributed by atoms with Crippen LogP contribution in [0.2, 0.25) is 5.02 Å². The zero-order valence-electron chi connectivity index (χ0n) is 17.5. The van der Waals surface area contributed by atoms with Crippen molar-refractivity contribution in [2.75, 3.05) is 0 Å². The molecule has 4 rings (SSSR count). The summed E-state index contributed by atoms with van der Waals surface area (Å²) in [5, 5.41) is 0.244. The highest BCUT2D eigenvalue weighted by atomic mass is 35.5. The number of fused-ring (bicyclic) bond motifs is 1. The summed E-state index contributed by atoms with van der Waals surface area (Å²) in [4.78, 5) is 36.9. The van der Waals surface area contributed by atoms with Crippen molar-refractivity contribution >= 4 is 22.6 Å². The number of nitrogens with one attached hydrogen (secondary N) is 1. The normalized spacial score (nSPS) is 11.5. The largest absolute Gasteiger partial charge is 0.334 e. The van der Waals surface area contributed by atoms with Crippen molar-refractivity contribution in [2.24, 2.45) is 0 Å². The fourth-order valence-corrected chi connectivity index (χ4v) is 3.87. The number of aryl methyl sites for hydroxylation is 1. The predicted octanol–water partition coefficient (Wildman–Crippen LogP) is 4.67. The van der Waals surface area contributed by atoms with Gasteiger partial charge in [-0.25, -0.2) is 18.7 Å². The smallest absolute Gasteiger partial charge is 0.273 e. The van der Waals surface area contributed by atoms with E-state index in [-0.39, 0.29) is 33.2 Å². The summed E-state index contributed by atoms with van der Waals surface area (Å²) in [6, 6.07) is 7.49. The van der Waals surface area contributed by atoms with Gasteiger partial charge in [-0.3, -0.25) is 14.8 Å². The van der Waals surface area contributed by atoms with Crippen molar-refractivity contribution in [3.05, 3.63) is 85.0 Å². The van der Waals surface area contributed by atoms with Crippen LogP contribution in [-0.4, -0.2) is 19.5 Å². The monoisotopic (exact) mass is 438 g/mol. The van der Waals surface area contributed by atoms with Crippen LogP contribution < -0.4 is 11.2 Å². The fraction of sp³-hybridized carbons (Fsp3) is 0.217. The molecule has 1 N–H and O–H groups in total. The van der Waals surface area contributed by atoms with Gasteiger partial charge in [-0.05, 0) is 49.1 Å². The summed E-state index contributed by atoms with van der Waals surface area (Å²) in [5.41, 5.74) is 2.14. The van der Waals surface area contributed by atoms with Crippen molar-refractivity contribution in [3.8, 4) is 16.9 Å². The van der Waals surface area contributed by atoms with Crippen LogP contribution in [-0.2, 0) is 0 Å². The van der Waals surface area contributed by atoms with Gasteiger partial charge < -0.3 is 0 Å². The molecule has 6 nitrogen and oxygen atoms in total. The quantitative estimate of drug-likeness (QED) is 0.504. The average molecular weight is 439 g/mol. The minimum absolute atomic E-state index is 0.0500. The Morgan fingerprint density at radius 3 is 2.55 bits per heavy atom. The molecule has 0 bridgehead atoms. The van der Waals surface area contributed by atoms with Crippen molar-refractivity contribution in [3.63, 3.8) is 0 Å². The number of pyridine rings is 2. The molecular formula is C23H20ClFN4O2. The summed E-state index contributed by atoms with van der Waals surface area (Å²) in [6.07, 6.45) is 1.72. The minimum atomic E-state index is -0.637. The van der Waals surface area contributed by atoms with Gasteiger partial charge in [0.25, 0.3) is 5.56 Å². The van der Waals surface area contributed by atoms with E-state index in [1.54, 1.807) is 24.4 Å². The molecule has 158 valence electrons. The van der Waals surface area contributed by atoms with Gasteiger partial charge in [0.1, 0.15) is 5.82 Å². The van der Waals surface area contributed by atoms with Gasteiger partial charge in [-0.2, -0.15) is 0 Å². The van der Waals surface area contributed by atoms with Gasteiger partial charge in [0.05, 0.1) is 21.8 Å². The van der Waals surface area contributed by atoms with Gasteiger partial charge in [-0.15, -0.1) is 0 Å². The topological polar surface area (TPSA) is 80.6 Å². The number of nitrogens with zero attached hydrogens (tertiary/aromatic N) is 3. The third-order valence-electron chi connectivity index (χ3n) is 5.38. The number of aromatic nitrogens is 4. The van der Waals surface area contributed by atoms with Crippen LogP contribution in [0.25, 0.3) is 28.0 Å². The van der Waals surface area contributed by atoms with Crippen LogP contribution in [0.3, 0.4) is 0 Å². The number of aromatic amines is 1. The van der Waals surface area contributed by atoms with Crippen LogP contribution in [0.5, 0.6) is 0 Å². The number of hydrogen-bond acceptors (Lipinski definition) is 4. The van der Waals surface area contributed by atoms with Gasteiger partial charge in [-0.1, -0.05) is 37.6 Å². The van der Waals surface area contributed by atoms with E-state index >= 15 is 0 Å². The molecule has 4 aromatic rings. The molecule has 0 spiro atoms. The third kappa shape index (κ3) is 3.45. The molecule has 0 saturated carbocycles. The van der Waals surface area contributed by atoms with Crippen molar-refractivity contribution in [1.82, 2.24) is 19.5 Å². The summed E-state index contributed by atoms with van der Waals surface area (Å²) in [7, 11) is 0. The highest BCUT2D eigenvalue weighted by Gasteiger charge is 2.21. The van der Waals surface area contributed by atoms with Crippen molar-refractivity contribution in [2.45, 2.75) is 33.6 Å². The average Bonchev–Trinajstić information content (AvgIpc) is 2.71. The second-order valence-corrected chi connectivity index (χ2v) is 8.10. The first-order valence-electron chi connectivity index (χ1n) is 9.77. The van der Waals surface area contributed by atoms with E-state index in [0.717, 1.165) is 16.8 Å². The summed E-state index contributed by atoms with van der Waals surface area (Å²) in [5.74, 6) is -0.456. The fourth-order valence-electron chi connectivity index (χ4n) is 3.61. The molecule has 0 saturated heterocycles. The SMILES string of the molecule is Cc1ncc(C(C)C)c(-n2c(=O)[nH]c(=O)c3cc(Cl)c(-c4ccccc4F)nc32)c1C. The molecule has 8 heteroatoms. The summed E-state index contributed by atoms with van der Waals surface area (Å²) >= 11 is 6.38. The first kappa shape index (κ1) is 20.9. The Bertz CT molecular complexity index is 1460. The van der Waals surface area contributed by atoms with E-state index in [2.05, 4.69) is 15.0 Å². The van der Waals surface area contributed by atoms with Crippen molar-refractivity contribution < 1.29 is 4.39 Å². The molecular weight excluding hydrogens is 419 g/mol. The summed E-state index contributed by atoms with van der Waals surface area (Å²) < 4.78 is 15.8. The molecule has 31 heavy (non-hydrogen) atoms. The third-order valence-corrected chi connectivity index (χ3v) is 5.67. The number of hydrogen-bond donors (Lipinski definition) is 1. The molecule has 3 heterocycles. The predicted molar refractivity (Wildman–Crippen MR) is 120 cm³/mol. The van der Waals surface area contributed by atoms with E-state index in [1.807, 2.05) is 27.7 Å². The lowest BCUT2D eigenvalue weighted by Crippen LogP contribution is -2.31. The molecule has 0 amide bonds. The highest BCUT2D eigenvalue weighted by Crippen LogP contribution is 2.32. The Hall–Kier alpha value is -3.32. The van der Waals surface area contributed by atoms with Crippen LogP contribution in [0.15, 0.2) is 46.1 Å². The Morgan fingerprint density at radius 1 is 1.16 bits per heavy atom. The number of rotatable bonds is 3. The van der Waals surface area contributed by atoms with Crippen LogP contribution in [0.4, 0.5) is 4.39 Å². The lowest BCUT2D eigenvalue weighted by molar-refractivity contribution is 0.631. The molecule has 0 aliphatic rings. The Labute approximate surface area is 182 Å². The lowest BCUT2D eigenvalue weighted by atomic mass is 9.99. The highest BCUT2D eigenvalue weighted by molar-refractivity contribution is 6.33. The Kier molecular flexibility index (Phi) is 5.23. The molecule has 0 radical (unpaired) electrons. The second-order valence-electron chi connectivity index (χ2n) is 7.69. The molecule has 0 atom stereocenters. The van der Waals surface area contributed by atoms with Gasteiger partial charge in [0.2, 0.25) is 0 Å². The minimum Gasteiger partial charge on any atom is -0.273 e. The maximum Gasteiger partial charge on any atom is 0.334 e. The Morgan fingerprint density at radius 2 is 1.87 bits per heavy atom.